The Balaban J connectivity index is 1.64. The van der Waals surface area contributed by atoms with E-state index in [9.17, 15) is 9.59 Å². The molecule has 1 N–H and O–H groups in total. The molecule has 3 aromatic rings. The Kier molecular flexibility index (Phi) is 5.34. The Morgan fingerprint density at radius 2 is 1.97 bits per heavy atom. The molecule has 3 heterocycles. The van der Waals surface area contributed by atoms with E-state index in [1.165, 1.54) is 5.56 Å². The second-order valence-electron chi connectivity index (χ2n) is 7.74. The van der Waals surface area contributed by atoms with Crippen LogP contribution in [0, 0.1) is 5.92 Å². The summed E-state index contributed by atoms with van der Waals surface area (Å²) in [6.07, 6.45) is 4.85. The maximum atomic E-state index is 13.1. The predicted molar refractivity (Wildman–Crippen MR) is 113 cm³/mol. The molecule has 1 atom stereocenters. The van der Waals surface area contributed by atoms with Gasteiger partial charge >= 0.3 is 0 Å². The van der Waals surface area contributed by atoms with Gasteiger partial charge in [0.15, 0.2) is 5.69 Å². The average Bonchev–Trinajstić information content (AvgIpc) is 3.13. The summed E-state index contributed by atoms with van der Waals surface area (Å²) in [6.45, 7) is 5.72. The van der Waals surface area contributed by atoms with Gasteiger partial charge in [0.25, 0.3) is 11.8 Å². The molecule has 6 heteroatoms. The van der Waals surface area contributed by atoms with Gasteiger partial charge < -0.3 is 10.2 Å². The summed E-state index contributed by atoms with van der Waals surface area (Å²) in [4.78, 5) is 32.4. The van der Waals surface area contributed by atoms with E-state index in [0.717, 1.165) is 32.4 Å². The van der Waals surface area contributed by atoms with Crippen LogP contribution in [0.3, 0.4) is 0 Å². The van der Waals surface area contributed by atoms with Crippen molar-refractivity contribution in [2.75, 3.05) is 18.4 Å². The molecule has 4 rings (SSSR count). The van der Waals surface area contributed by atoms with E-state index in [-0.39, 0.29) is 17.6 Å². The lowest BCUT2D eigenvalue weighted by molar-refractivity contribution is 0.0679. The number of rotatable bonds is 4. The van der Waals surface area contributed by atoms with E-state index in [1.807, 2.05) is 47.4 Å². The number of anilines is 1. The van der Waals surface area contributed by atoms with Crippen molar-refractivity contribution in [3.05, 3.63) is 65.7 Å². The number of nitrogens with zero attached hydrogens (tertiary/aromatic N) is 3. The monoisotopic (exact) mass is 390 g/mol. The van der Waals surface area contributed by atoms with Crippen LogP contribution >= 0.6 is 0 Å². The SMILES string of the molecule is CCc1ccc(NC(=O)c2nc(C(=O)N3CCCC(C)C3)c3ccccn23)cc1. The molecule has 6 nitrogen and oxygen atoms in total. The summed E-state index contributed by atoms with van der Waals surface area (Å²) in [5.41, 5.74) is 2.91. The molecule has 1 unspecified atom stereocenters. The van der Waals surface area contributed by atoms with E-state index in [0.29, 0.717) is 22.8 Å². The van der Waals surface area contributed by atoms with Gasteiger partial charge in [0, 0.05) is 25.0 Å². The van der Waals surface area contributed by atoms with Gasteiger partial charge in [0.1, 0.15) is 0 Å². The van der Waals surface area contributed by atoms with Gasteiger partial charge in [-0.15, -0.1) is 0 Å². The first-order valence-corrected chi connectivity index (χ1v) is 10.2. The fraction of sp³-hybridized carbons (Fsp3) is 0.348. The lowest BCUT2D eigenvalue weighted by Gasteiger charge is -2.30. The first kappa shape index (κ1) is 19.2. The van der Waals surface area contributed by atoms with E-state index in [4.69, 9.17) is 0 Å². The molecule has 0 bridgehead atoms. The van der Waals surface area contributed by atoms with Crippen LogP contribution in [-0.2, 0) is 6.42 Å². The molecule has 2 aromatic heterocycles. The van der Waals surface area contributed by atoms with Crippen LogP contribution in [0.4, 0.5) is 5.69 Å². The summed E-state index contributed by atoms with van der Waals surface area (Å²) in [7, 11) is 0. The largest absolute Gasteiger partial charge is 0.337 e. The summed E-state index contributed by atoms with van der Waals surface area (Å²) >= 11 is 0. The Morgan fingerprint density at radius 3 is 2.69 bits per heavy atom. The van der Waals surface area contributed by atoms with Crippen molar-refractivity contribution in [3.8, 4) is 0 Å². The zero-order chi connectivity index (χ0) is 20.4. The van der Waals surface area contributed by atoms with Crippen molar-refractivity contribution in [1.29, 1.82) is 0 Å². The zero-order valence-corrected chi connectivity index (χ0v) is 16.9. The van der Waals surface area contributed by atoms with Crippen molar-refractivity contribution in [1.82, 2.24) is 14.3 Å². The quantitative estimate of drug-likeness (QED) is 0.732. The highest BCUT2D eigenvalue weighted by Gasteiger charge is 2.27. The minimum atomic E-state index is -0.332. The summed E-state index contributed by atoms with van der Waals surface area (Å²) in [5.74, 6) is 0.261. The second-order valence-corrected chi connectivity index (χ2v) is 7.74. The van der Waals surface area contributed by atoms with Gasteiger partial charge in [-0.25, -0.2) is 4.98 Å². The highest BCUT2D eigenvalue weighted by Crippen LogP contribution is 2.21. The molecule has 150 valence electrons. The first-order chi connectivity index (χ1) is 14.1. The molecule has 2 amide bonds. The minimum absolute atomic E-state index is 0.105. The van der Waals surface area contributed by atoms with Crippen molar-refractivity contribution >= 4 is 23.0 Å². The number of hydrogen-bond acceptors (Lipinski definition) is 3. The number of likely N-dealkylation sites (tertiary alicyclic amines) is 1. The number of benzene rings is 1. The average molecular weight is 390 g/mol. The molecule has 1 aliphatic heterocycles. The molecular weight excluding hydrogens is 364 g/mol. The van der Waals surface area contributed by atoms with Crippen LogP contribution in [0.25, 0.3) is 5.52 Å². The molecule has 1 aromatic carbocycles. The van der Waals surface area contributed by atoms with Crippen molar-refractivity contribution in [3.63, 3.8) is 0 Å². The van der Waals surface area contributed by atoms with Crippen LogP contribution in [0.15, 0.2) is 48.7 Å². The number of carbonyl (C=O) groups is 2. The third kappa shape index (κ3) is 3.88. The van der Waals surface area contributed by atoms with Crippen LogP contribution in [-0.4, -0.2) is 39.2 Å². The van der Waals surface area contributed by atoms with Crippen molar-refractivity contribution < 1.29 is 9.59 Å². The summed E-state index contributed by atoms with van der Waals surface area (Å²) in [5, 5.41) is 2.89. The standard InChI is InChI=1S/C23H26N4O2/c1-3-17-9-11-18(12-10-17)24-22(28)21-25-20(19-8-4-5-14-27(19)21)23(29)26-13-6-7-16(2)15-26/h4-5,8-12,14,16H,3,6-7,13,15H2,1-2H3,(H,24,28). The van der Waals surface area contributed by atoms with Gasteiger partial charge in [-0.05, 0) is 55.0 Å². The highest BCUT2D eigenvalue weighted by molar-refractivity contribution is 6.06. The number of aryl methyl sites for hydroxylation is 1. The number of hydrogen-bond donors (Lipinski definition) is 1. The van der Waals surface area contributed by atoms with Crippen LogP contribution in [0.2, 0.25) is 0 Å². The zero-order valence-electron chi connectivity index (χ0n) is 16.9. The third-order valence-corrected chi connectivity index (χ3v) is 5.52. The van der Waals surface area contributed by atoms with E-state index < -0.39 is 0 Å². The molecule has 1 fully saturated rings. The van der Waals surface area contributed by atoms with Gasteiger partial charge in [0.2, 0.25) is 5.82 Å². The van der Waals surface area contributed by atoms with E-state index >= 15 is 0 Å². The molecule has 0 saturated carbocycles. The number of imidazole rings is 1. The van der Waals surface area contributed by atoms with Crippen LogP contribution in [0.5, 0.6) is 0 Å². The smallest absolute Gasteiger partial charge is 0.292 e. The fourth-order valence-electron chi connectivity index (χ4n) is 3.89. The topological polar surface area (TPSA) is 66.7 Å². The number of fused-ring (bicyclic) bond motifs is 1. The number of piperidine rings is 1. The summed E-state index contributed by atoms with van der Waals surface area (Å²) in [6, 6.07) is 13.3. The number of nitrogens with one attached hydrogen (secondary N) is 1. The van der Waals surface area contributed by atoms with E-state index in [2.05, 4.69) is 24.1 Å². The third-order valence-electron chi connectivity index (χ3n) is 5.52. The molecular formula is C23H26N4O2. The predicted octanol–water partition coefficient (Wildman–Crippen LogP) is 4.02. The number of carbonyl (C=O) groups excluding carboxylic acids is 2. The number of amides is 2. The van der Waals surface area contributed by atoms with Gasteiger partial charge in [0.05, 0.1) is 5.52 Å². The molecule has 0 radical (unpaired) electrons. The number of pyridine rings is 1. The van der Waals surface area contributed by atoms with Crippen LogP contribution < -0.4 is 5.32 Å². The Hall–Kier alpha value is -3.15. The molecule has 1 saturated heterocycles. The van der Waals surface area contributed by atoms with Crippen LogP contribution in [0.1, 0.15) is 53.4 Å². The van der Waals surface area contributed by atoms with E-state index in [1.54, 1.807) is 10.6 Å². The Morgan fingerprint density at radius 1 is 1.17 bits per heavy atom. The lowest BCUT2D eigenvalue weighted by Crippen LogP contribution is -2.39. The Labute approximate surface area is 170 Å². The van der Waals surface area contributed by atoms with Crippen molar-refractivity contribution in [2.45, 2.75) is 33.1 Å². The second kappa shape index (κ2) is 8.07. The van der Waals surface area contributed by atoms with Gasteiger partial charge in [-0.3, -0.25) is 14.0 Å². The fourth-order valence-corrected chi connectivity index (χ4v) is 3.89. The first-order valence-electron chi connectivity index (χ1n) is 10.2. The maximum absolute atomic E-state index is 13.1. The lowest BCUT2D eigenvalue weighted by atomic mass is 10.00. The molecule has 0 aliphatic carbocycles. The minimum Gasteiger partial charge on any atom is -0.337 e. The maximum Gasteiger partial charge on any atom is 0.292 e. The normalized spacial score (nSPS) is 16.8. The highest BCUT2D eigenvalue weighted by atomic mass is 16.2. The molecule has 29 heavy (non-hydrogen) atoms. The van der Waals surface area contributed by atoms with Gasteiger partial charge in [-0.1, -0.05) is 32.0 Å². The molecule has 0 spiro atoms. The summed E-state index contributed by atoms with van der Waals surface area (Å²) < 4.78 is 1.69. The van der Waals surface area contributed by atoms with Crippen molar-refractivity contribution in [2.24, 2.45) is 5.92 Å². The molecule has 1 aliphatic rings. The number of aromatic nitrogens is 2. The Bertz CT molecular complexity index is 1040. The van der Waals surface area contributed by atoms with Gasteiger partial charge in [-0.2, -0.15) is 0 Å².